The molecular weight excluding hydrogens is 589 g/mol. The SMILES string of the molecule is CC(C)c1cccc(C(C)C)c1-n1c(-c2cccc3c2oc2c4cc5c(cc4ccc32)nc(-c2ccccc2)n5C)nc2ccccc21. The number of para-hydroxylation sites is 4. The van der Waals surface area contributed by atoms with Crippen LogP contribution in [0.25, 0.3) is 83.2 Å². The quantitative estimate of drug-likeness (QED) is 0.191. The molecule has 234 valence electrons. The van der Waals surface area contributed by atoms with Crippen molar-refractivity contribution in [2.75, 3.05) is 0 Å². The van der Waals surface area contributed by atoms with E-state index < -0.39 is 0 Å². The van der Waals surface area contributed by atoms with E-state index in [2.05, 4.69) is 153 Å². The van der Waals surface area contributed by atoms with Crippen LogP contribution in [0.5, 0.6) is 0 Å². The monoisotopic (exact) mass is 624 g/mol. The van der Waals surface area contributed by atoms with Crippen molar-refractivity contribution >= 4 is 54.8 Å². The van der Waals surface area contributed by atoms with E-state index in [1.807, 2.05) is 6.07 Å². The molecule has 0 aliphatic heterocycles. The highest BCUT2D eigenvalue weighted by Crippen LogP contribution is 2.43. The van der Waals surface area contributed by atoms with Gasteiger partial charge in [0.15, 0.2) is 0 Å². The Balaban J connectivity index is 1.33. The highest BCUT2D eigenvalue weighted by Gasteiger charge is 2.25. The van der Waals surface area contributed by atoms with Crippen LogP contribution in [0.4, 0.5) is 0 Å². The zero-order valence-electron chi connectivity index (χ0n) is 27.8. The zero-order valence-corrected chi connectivity index (χ0v) is 27.8. The Morgan fingerprint density at radius 3 is 2.02 bits per heavy atom. The summed E-state index contributed by atoms with van der Waals surface area (Å²) in [6, 6.07) is 40.8. The summed E-state index contributed by atoms with van der Waals surface area (Å²) >= 11 is 0. The van der Waals surface area contributed by atoms with Crippen LogP contribution in [0.3, 0.4) is 0 Å². The average molecular weight is 625 g/mol. The lowest BCUT2D eigenvalue weighted by Gasteiger charge is -2.22. The molecule has 0 fully saturated rings. The fraction of sp³-hybridized carbons (Fsp3) is 0.163. The largest absolute Gasteiger partial charge is 0.455 e. The van der Waals surface area contributed by atoms with Gasteiger partial charge in [0.2, 0.25) is 0 Å². The topological polar surface area (TPSA) is 48.8 Å². The van der Waals surface area contributed by atoms with Gasteiger partial charge in [-0.1, -0.05) is 107 Å². The predicted octanol–water partition coefficient (Wildman–Crippen LogP) is 11.5. The first-order valence-electron chi connectivity index (χ1n) is 16.8. The molecule has 9 rings (SSSR count). The number of aromatic nitrogens is 4. The summed E-state index contributed by atoms with van der Waals surface area (Å²) in [5, 5.41) is 4.36. The molecule has 0 saturated heterocycles. The fourth-order valence-corrected chi connectivity index (χ4v) is 7.49. The first-order valence-corrected chi connectivity index (χ1v) is 16.8. The summed E-state index contributed by atoms with van der Waals surface area (Å²) in [6.07, 6.45) is 0. The molecule has 0 aliphatic rings. The van der Waals surface area contributed by atoms with E-state index in [0.29, 0.717) is 11.8 Å². The van der Waals surface area contributed by atoms with Gasteiger partial charge in [0.05, 0.1) is 33.3 Å². The van der Waals surface area contributed by atoms with Crippen molar-refractivity contribution in [2.45, 2.75) is 39.5 Å². The summed E-state index contributed by atoms with van der Waals surface area (Å²) in [5.74, 6) is 2.52. The Morgan fingerprint density at radius 1 is 0.562 bits per heavy atom. The van der Waals surface area contributed by atoms with Crippen molar-refractivity contribution in [2.24, 2.45) is 7.05 Å². The molecule has 0 atom stereocenters. The summed E-state index contributed by atoms with van der Waals surface area (Å²) in [4.78, 5) is 10.3. The maximum absolute atomic E-state index is 6.99. The predicted molar refractivity (Wildman–Crippen MR) is 199 cm³/mol. The van der Waals surface area contributed by atoms with Crippen molar-refractivity contribution in [3.8, 4) is 28.5 Å². The Labute approximate surface area is 279 Å². The first kappa shape index (κ1) is 28.5. The van der Waals surface area contributed by atoms with Crippen molar-refractivity contribution in [1.29, 1.82) is 0 Å². The number of fused-ring (bicyclic) bond motifs is 7. The minimum absolute atomic E-state index is 0.340. The smallest absolute Gasteiger partial charge is 0.149 e. The van der Waals surface area contributed by atoms with Gasteiger partial charge in [-0.05, 0) is 64.7 Å². The van der Waals surface area contributed by atoms with Crippen LogP contribution in [0.15, 0.2) is 120 Å². The maximum atomic E-state index is 6.99. The van der Waals surface area contributed by atoms with Gasteiger partial charge < -0.3 is 8.98 Å². The summed E-state index contributed by atoms with van der Waals surface area (Å²) in [6.45, 7) is 9.09. The highest BCUT2D eigenvalue weighted by molar-refractivity contribution is 6.18. The molecule has 5 nitrogen and oxygen atoms in total. The third-order valence-corrected chi connectivity index (χ3v) is 9.88. The third kappa shape index (κ3) is 4.17. The highest BCUT2D eigenvalue weighted by atomic mass is 16.3. The molecule has 0 spiro atoms. The molecule has 0 amide bonds. The molecule has 0 aliphatic carbocycles. The van der Waals surface area contributed by atoms with Gasteiger partial charge in [0, 0.05) is 28.8 Å². The van der Waals surface area contributed by atoms with E-state index in [-0.39, 0.29) is 0 Å². The molecule has 6 aromatic carbocycles. The fourth-order valence-electron chi connectivity index (χ4n) is 7.49. The molecule has 0 radical (unpaired) electrons. The van der Waals surface area contributed by atoms with Crippen LogP contribution in [-0.4, -0.2) is 19.1 Å². The Bertz CT molecular complexity index is 2660. The minimum atomic E-state index is 0.340. The van der Waals surface area contributed by atoms with E-state index >= 15 is 0 Å². The standard InChI is InChI=1S/C43H36N4O/c1-25(2)29-15-11-16-30(26(3)4)39(29)47-37-20-10-9-19-35(37)44-43(47)33-18-12-17-31-32-22-21-28-23-36-38(24-34(28)41(32)48-40(31)33)46(5)42(45-36)27-13-7-6-8-14-27/h6-26H,1-5H3. The molecule has 3 aromatic heterocycles. The normalized spacial score (nSPS) is 12.2. The van der Waals surface area contributed by atoms with Gasteiger partial charge in [-0.2, -0.15) is 0 Å². The van der Waals surface area contributed by atoms with Crippen LogP contribution in [-0.2, 0) is 7.05 Å². The number of rotatable bonds is 5. The molecule has 3 heterocycles. The van der Waals surface area contributed by atoms with Crippen molar-refractivity contribution in [1.82, 2.24) is 19.1 Å². The van der Waals surface area contributed by atoms with Crippen molar-refractivity contribution in [3.05, 3.63) is 126 Å². The molecule has 0 saturated carbocycles. The van der Waals surface area contributed by atoms with Crippen molar-refractivity contribution in [3.63, 3.8) is 0 Å². The van der Waals surface area contributed by atoms with Crippen molar-refractivity contribution < 1.29 is 4.42 Å². The van der Waals surface area contributed by atoms with E-state index in [4.69, 9.17) is 14.4 Å². The van der Waals surface area contributed by atoms with Gasteiger partial charge in [0.25, 0.3) is 0 Å². The second kappa shape index (κ2) is 10.7. The third-order valence-electron chi connectivity index (χ3n) is 9.88. The second-order valence-electron chi connectivity index (χ2n) is 13.5. The number of hydrogen-bond acceptors (Lipinski definition) is 3. The van der Waals surface area contributed by atoms with E-state index in [1.165, 1.54) is 16.8 Å². The van der Waals surface area contributed by atoms with Crippen LogP contribution < -0.4 is 0 Å². The van der Waals surface area contributed by atoms with Crippen LogP contribution >= 0.6 is 0 Å². The zero-order chi connectivity index (χ0) is 32.7. The second-order valence-corrected chi connectivity index (χ2v) is 13.5. The van der Waals surface area contributed by atoms with Crippen LogP contribution in [0, 0.1) is 0 Å². The Morgan fingerprint density at radius 2 is 1.25 bits per heavy atom. The number of benzene rings is 6. The van der Waals surface area contributed by atoms with Crippen LogP contribution in [0.1, 0.15) is 50.7 Å². The summed E-state index contributed by atoms with van der Waals surface area (Å²) < 4.78 is 11.5. The number of furan rings is 1. The lowest BCUT2D eigenvalue weighted by Crippen LogP contribution is -2.08. The molecule has 0 bridgehead atoms. The average Bonchev–Trinajstić information content (AvgIpc) is 3.78. The summed E-state index contributed by atoms with van der Waals surface area (Å²) in [5.41, 5.74) is 11.7. The van der Waals surface area contributed by atoms with E-state index in [9.17, 15) is 0 Å². The lowest BCUT2D eigenvalue weighted by molar-refractivity contribution is 0.673. The Hall–Kier alpha value is -5.68. The number of imidazole rings is 2. The van der Waals surface area contributed by atoms with Gasteiger partial charge in [-0.25, -0.2) is 9.97 Å². The number of nitrogens with zero attached hydrogens (tertiary/aromatic N) is 4. The van der Waals surface area contributed by atoms with Gasteiger partial charge in [-0.15, -0.1) is 0 Å². The minimum Gasteiger partial charge on any atom is -0.455 e. The molecular formula is C43H36N4O. The number of aryl methyl sites for hydroxylation is 1. The van der Waals surface area contributed by atoms with Crippen LogP contribution in [0.2, 0.25) is 0 Å². The van der Waals surface area contributed by atoms with E-state index in [1.54, 1.807) is 0 Å². The molecule has 5 heteroatoms. The first-order chi connectivity index (χ1) is 23.4. The van der Waals surface area contributed by atoms with Gasteiger partial charge in [-0.3, -0.25) is 4.57 Å². The summed E-state index contributed by atoms with van der Waals surface area (Å²) in [7, 11) is 2.09. The molecule has 0 unspecified atom stereocenters. The number of hydrogen-bond donors (Lipinski definition) is 0. The Kier molecular flexibility index (Phi) is 6.35. The lowest BCUT2D eigenvalue weighted by atomic mass is 9.92. The molecule has 48 heavy (non-hydrogen) atoms. The van der Waals surface area contributed by atoms with E-state index in [0.717, 1.165) is 77.6 Å². The maximum Gasteiger partial charge on any atom is 0.149 e. The van der Waals surface area contributed by atoms with Gasteiger partial charge in [0.1, 0.15) is 22.8 Å². The molecule has 0 N–H and O–H groups in total. The molecule has 9 aromatic rings. The van der Waals surface area contributed by atoms with Gasteiger partial charge >= 0.3 is 0 Å².